The molecule has 1 saturated heterocycles. The Kier molecular flexibility index (Phi) is 5.98. The number of carbonyl (C=O) groups is 1. The van der Waals surface area contributed by atoms with Crippen LogP contribution in [0, 0.1) is 0 Å². The largest absolute Gasteiger partial charge is 0.379 e. The van der Waals surface area contributed by atoms with Crippen LogP contribution in [0.15, 0.2) is 29.4 Å². The second-order valence-electron chi connectivity index (χ2n) is 4.69. The summed E-state index contributed by atoms with van der Waals surface area (Å²) >= 11 is 1.33. The van der Waals surface area contributed by atoms with E-state index in [1.54, 1.807) is 20.4 Å². The van der Waals surface area contributed by atoms with Crippen LogP contribution >= 0.6 is 11.8 Å². The van der Waals surface area contributed by atoms with E-state index in [1.165, 1.54) is 11.8 Å². The molecule has 0 aromatic carbocycles. The number of morpholine rings is 1. The van der Waals surface area contributed by atoms with Crippen LogP contribution in [0.3, 0.4) is 0 Å². The molecule has 0 bridgehead atoms. The van der Waals surface area contributed by atoms with Crippen molar-refractivity contribution in [1.29, 1.82) is 0 Å². The van der Waals surface area contributed by atoms with Crippen molar-refractivity contribution in [3.05, 3.63) is 24.4 Å². The summed E-state index contributed by atoms with van der Waals surface area (Å²) < 4.78 is 11.0. The molecule has 7 heteroatoms. The minimum absolute atomic E-state index is 0.160. The van der Waals surface area contributed by atoms with Crippen molar-refractivity contribution in [3.8, 4) is 0 Å². The van der Waals surface area contributed by atoms with E-state index >= 15 is 0 Å². The van der Waals surface area contributed by atoms with Crippen molar-refractivity contribution in [1.82, 2.24) is 15.2 Å². The third-order valence-electron chi connectivity index (χ3n) is 3.35. The van der Waals surface area contributed by atoms with Gasteiger partial charge in [-0.25, -0.2) is 4.98 Å². The Morgan fingerprint density at radius 1 is 1.52 bits per heavy atom. The molecule has 1 aliphatic rings. The smallest absolute Gasteiger partial charge is 0.264 e. The molecule has 1 N–H and O–H groups in total. The zero-order valence-corrected chi connectivity index (χ0v) is 13.2. The summed E-state index contributed by atoms with van der Waals surface area (Å²) in [6.07, 6.45) is 1.71. The molecule has 1 fully saturated rings. The number of thioether (sulfide) groups is 1. The molecule has 21 heavy (non-hydrogen) atoms. The number of rotatable bonds is 6. The summed E-state index contributed by atoms with van der Waals surface area (Å²) in [4.78, 5) is 17.8. The summed E-state index contributed by atoms with van der Waals surface area (Å²) in [7, 11) is 3.18. The summed E-state index contributed by atoms with van der Waals surface area (Å²) in [5.41, 5.74) is 0. The maximum absolute atomic E-state index is 12.4. The first-order chi connectivity index (χ1) is 10.2. The van der Waals surface area contributed by atoms with Crippen molar-refractivity contribution < 1.29 is 14.3 Å². The van der Waals surface area contributed by atoms with E-state index in [-0.39, 0.29) is 5.91 Å². The lowest BCUT2D eigenvalue weighted by Gasteiger charge is -2.36. The van der Waals surface area contributed by atoms with E-state index in [1.807, 2.05) is 18.2 Å². The average molecular weight is 311 g/mol. The zero-order chi connectivity index (χ0) is 15.1. The highest BCUT2D eigenvalue weighted by Gasteiger charge is 2.41. The number of nitrogens with one attached hydrogen (secondary N) is 1. The van der Waals surface area contributed by atoms with E-state index in [2.05, 4.69) is 15.2 Å². The third-order valence-corrected chi connectivity index (χ3v) is 4.61. The molecule has 1 atom stereocenters. The molecule has 1 amide bonds. The van der Waals surface area contributed by atoms with E-state index < -0.39 is 4.93 Å². The lowest BCUT2D eigenvalue weighted by atomic mass is 10.2. The topological polar surface area (TPSA) is 63.7 Å². The Hall–Kier alpha value is -1.15. The van der Waals surface area contributed by atoms with Gasteiger partial charge in [0.1, 0.15) is 0 Å². The van der Waals surface area contributed by atoms with Gasteiger partial charge >= 0.3 is 0 Å². The van der Waals surface area contributed by atoms with Crippen molar-refractivity contribution in [2.75, 3.05) is 47.0 Å². The number of aromatic nitrogens is 1. The molecule has 0 radical (unpaired) electrons. The van der Waals surface area contributed by atoms with Gasteiger partial charge < -0.3 is 14.8 Å². The van der Waals surface area contributed by atoms with Gasteiger partial charge in [-0.05, 0) is 12.1 Å². The molecule has 1 aromatic rings. The first kappa shape index (κ1) is 16.2. The fraction of sp³-hybridized carbons (Fsp3) is 0.571. The predicted octanol–water partition coefficient (Wildman–Crippen LogP) is 0.595. The first-order valence-corrected chi connectivity index (χ1v) is 7.69. The van der Waals surface area contributed by atoms with E-state index in [0.29, 0.717) is 19.8 Å². The number of hydrogen-bond acceptors (Lipinski definition) is 6. The molecular weight excluding hydrogens is 290 g/mol. The summed E-state index contributed by atoms with van der Waals surface area (Å²) in [5, 5.41) is 3.46. The Bertz CT molecular complexity index is 454. The zero-order valence-electron chi connectivity index (χ0n) is 12.4. The molecule has 0 saturated carbocycles. The third kappa shape index (κ3) is 4.16. The SMILES string of the molecule is CNC(=O)C(CN1CCOCC1)(OC)Sc1ccccn1. The highest BCUT2D eigenvalue weighted by atomic mass is 32.2. The number of pyridine rings is 1. The van der Waals surface area contributed by atoms with Crippen molar-refractivity contribution >= 4 is 17.7 Å². The van der Waals surface area contributed by atoms with Gasteiger partial charge in [0.05, 0.1) is 18.2 Å². The minimum atomic E-state index is -1.01. The summed E-state index contributed by atoms with van der Waals surface area (Å²) in [5.74, 6) is -0.160. The van der Waals surface area contributed by atoms with Crippen LogP contribution in [0.1, 0.15) is 0 Å². The number of carbonyl (C=O) groups excluding carboxylic acids is 1. The number of likely N-dealkylation sites (N-methyl/N-ethyl adjacent to an activating group) is 1. The molecule has 0 aliphatic carbocycles. The number of methoxy groups -OCH3 is 1. The fourth-order valence-corrected chi connectivity index (χ4v) is 3.29. The van der Waals surface area contributed by atoms with Gasteiger partial charge in [-0.15, -0.1) is 0 Å². The highest BCUT2D eigenvalue weighted by Crippen LogP contribution is 2.33. The second kappa shape index (κ2) is 7.74. The molecular formula is C14H21N3O3S. The molecule has 1 unspecified atom stereocenters. The minimum Gasteiger partial charge on any atom is -0.379 e. The van der Waals surface area contributed by atoms with Crippen molar-refractivity contribution in [2.24, 2.45) is 0 Å². The monoisotopic (exact) mass is 311 g/mol. The Morgan fingerprint density at radius 3 is 2.86 bits per heavy atom. The van der Waals surface area contributed by atoms with Gasteiger partial charge in [-0.1, -0.05) is 17.8 Å². The van der Waals surface area contributed by atoms with Crippen molar-refractivity contribution in [3.63, 3.8) is 0 Å². The van der Waals surface area contributed by atoms with Crippen LogP contribution in [-0.4, -0.2) is 67.7 Å². The van der Waals surface area contributed by atoms with Crippen LogP contribution < -0.4 is 5.32 Å². The molecule has 2 rings (SSSR count). The van der Waals surface area contributed by atoms with Gasteiger partial charge in [0.2, 0.25) is 4.93 Å². The molecule has 1 aliphatic heterocycles. The maximum atomic E-state index is 12.4. The van der Waals surface area contributed by atoms with E-state index in [4.69, 9.17) is 9.47 Å². The predicted molar refractivity (Wildman–Crippen MR) is 81.2 cm³/mol. The summed E-state index contributed by atoms with van der Waals surface area (Å²) in [6.45, 7) is 3.45. The van der Waals surface area contributed by atoms with Crippen LogP contribution in [0.25, 0.3) is 0 Å². The number of hydrogen-bond donors (Lipinski definition) is 1. The normalized spacial score (nSPS) is 19.0. The second-order valence-corrected chi connectivity index (χ2v) is 5.98. The van der Waals surface area contributed by atoms with E-state index in [9.17, 15) is 4.79 Å². The first-order valence-electron chi connectivity index (χ1n) is 6.87. The maximum Gasteiger partial charge on any atom is 0.264 e. The average Bonchev–Trinajstić information content (AvgIpc) is 2.55. The number of amides is 1. The van der Waals surface area contributed by atoms with E-state index in [0.717, 1.165) is 18.1 Å². The highest BCUT2D eigenvalue weighted by molar-refractivity contribution is 8.01. The standard InChI is InChI=1S/C14H21N3O3S/c1-15-13(18)14(19-2,11-17-7-9-20-10-8-17)21-12-5-3-4-6-16-12/h3-6H,7-11H2,1-2H3,(H,15,18). The quantitative estimate of drug-likeness (QED) is 0.613. The molecule has 1 aromatic heterocycles. The molecule has 2 heterocycles. The number of ether oxygens (including phenoxy) is 2. The Morgan fingerprint density at radius 2 is 2.29 bits per heavy atom. The molecule has 0 spiro atoms. The van der Waals surface area contributed by atoms with Crippen molar-refractivity contribution in [2.45, 2.75) is 9.96 Å². The van der Waals surface area contributed by atoms with Crippen LogP contribution in [-0.2, 0) is 14.3 Å². The van der Waals surface area contributed by atoms with Gasteiger partial charge in [0.15, 0.2) is 0 Å². The van der Waals surface area contributed by atoms with Crippen LogP contribution in [0.4, 0.5) is 0 Å². The Balaban J connectivity index is 2.17. The lowest BCUT2D eigenvalue weighted by Crippen LogP contribution is -2.54. The van der Waals surface area contributed by atoms with Gasteiger partial charge in [0, 0.05) is 40.0 Å². The van der Waals surface area contributed by atoms with Crippen LogP contribution in [0.5, 0.6) is 0 Å². The van der Waals surface area contributed by atoms with Gasteiger partial charge in [-0.3, -0.25) is 9.69 Å². The fourth-order valence-electron chi connectivity index (χ4n) is 2.17. The lowest BCUT2D eigenvalue weighted by molar-refractivity contribution is -0.135. The van der Waals surface area contributed by atoms with Crippen LogP contribution in [0.2, 0.25) is 0 Å². The summed E-state index contributed by atoms with van der Waals surface area (Å²) in [6, 6.07) is 5.62. The van der Waals surface area contributed by atoms with Gasteiger partial charge in [0.25, 0.3) is 5.91 Å². The molecule has 6 nitrogen and oxygen atoms in total. The molecule has 116 valence electrons. The number of nitrogens with zero attached hydrogens (tertiary/aromatic N) is 2. The van der Waals surface area contributed by atoms with Gasteiger partial charge in [-0.2, -0.15) is 0 Å². The Labute approximate surface area is 129 Å².